The molecular weight excluding hydrogens is 231 g/mol. The van der Waals surface area contributed by atoms with Crippen LogP contribution in [0.15, 0.2) is 18.5 Å². The van der Waals surface area contributed by atoms with E-state index in [1.54, 1.807) is 0 Å². The zero-order valence-electron chi connectivity index (χ0n) is 10.5. The summed E-state index contributed by atoms with van der Waals surface area (Å²) in [6.45, 7) is 0.622. The van der Waals surface area contributed by atoms with Gasteiger partial charge in [-0.3, -0.25) is 9.78 Å². The summed E-state index contributed by atoms with van der Waals surface area (Å²) < 4.78 is 13.3. The van der Waals surface area contributed by atoms with Crippen LogP contribution in [0.4, 0.5) is 4.39 Å². The van der Waals surface area contributed by atoms with Gasteiger partial charge in [0.25, 0.3) is 5.91 Å². The van der Waals surface area contributed by atoms with Gasteiger partial charge in [0.15, 0.2) is 5.82 Å². The van der Waals surface area contributed by atoms with E-state index in [1.807, 2.05) is 0 Å². The molecular formula is C14H19FN2O. The zero-order valence-corrected chi connectivity index (χ0v) is 10.5. The van der Waals surface area contributed by atoms with Gasteiger partial charge in [0.1, 0.15) is 0 Å². The van der Waals surface area contributed by atoms with Crippen LogP contribution in [0.1, 0.15) is 48.9 Å². The molecule has 0 aliphatic heterocycles. The number of carbonyl (C=O) groups excluding carboxylic acids is 1. The van der Waals surface area contributed by atoms with Gasteiger partial charge in [0, 0.05) is 12.7 Å². The Morgan fingerprint density at radius 1 is 1.44 bits per heavy atom. The highest BCUT2D eigenvalue weighted by Crippen LogP contribution is 2.28. The number of rotatable bonds is 5. The van der Waals surface area contributed by atoms with E-state index in [0.717, 1.165) is 18.5 Å². The van der Waals surface area contributed by atoms with Crippen LogP contribution < -0.4 is 5.32 Å². The van der Waals surface area contributed by atoms with Crippen LogP contribution in [0.2, 0.25) is 0 Å². The van der Waals surface area contributed by atoms with Crippen molar-refractivity contribution in [1.82, 2.24) is 10.3 Å². The summed E-state index contributed by atoms with van der Waals surface area (Å²) in [6, 6.07) is 1.40. The van der Waals surface area contributed by atoms with Crippen molar-refractivity contribution in [3.63, 3.8) is 0 Å². The number of aromatic nitrogens is 1. The number of nitrogens with one attached hydrogen (secondary N) is 1. The second-order valence-electron chi connectivity index (χ2n) is 4.90. The SMILES string of the molecule is O=C(NCCCC1CCCC1)c1ccncc1F. The molecule has 1 fully saturated rings. The van der Waals surface area contributed by atoms with Gasteiger partial charge in [0.2, 0.25) is 0 Å². The number of hydrogen-bond acceptors (Lipinski definition) is 2. The monoisotopic (exact) mass is 250 g/mol. The molecule has 0 unspecified atom stereocenters. The quantitative estimate of drug-likeness (QED) is 0.816. The standard InChI is InChI=1S/C14H19FN2O/c15-13-10-16-9-7-12(13)14(18)17-8-3-6-11-4-1-2-5-11/h7,9-11H,1-6,8H2,(H,17,18). The molecule has 1 aromatic rings. The smallest absolute Gasteiger partial charge is 0.254 e. The van der Waals surface area contributed by atoms with E-state index in [-0.39, 0.29) is 11.5 Å². The van der Waals surface area contributed by atoms with Gasteiger partial charge in [-0.15, -0.1) is 0 Å². The lowest BCUT2D eigenvalue weighted by Crippen LogP contribution is -2.25. The van der Waals surface area contributed by atoms with Gasteiger partial charge in [-0.2, -0.15) is 0 Å². The third-order valence-electron chi connectivity index (χ3n) is 3.57. The zero-order chi connectivity index (χ0) is 12.8. The predicted octanol–water partition coefficient (Wildman–Crippen LogP) is 2.92. The third kappa shape index (κ3) is 3.52. The molecule has 1 aliphatic rings. The molecule has 1 aliphatic carbocycles. The molecule has 0 aromatic carbocycles. The Morgan fingerprint density at radius 3 is 2.94 bits per heavy atom. The lowest BCUT2D eigenvalue weighted by atomic mass is 10.0. The van der Waals surface area contributed by atoms with E-state index in [0.29, 0.717) is 6.54 Å². The van der Waals surface area contributed by atoms with Crippen LogP contribution in [-0.2, 0) is 0 Å². The molecule has 1 aromatic heterocycles. The number of hydrogen-bond donors (Lipinski definition) is 1. The average Bonchev–Trinajstić information content (AvgIpc) is 2.88. The van der Waals surface area contributed by atoms with E-state index in [9.17, 15) is 9.18 Å². The first-order valence-corrected chi connectivity index (χ1v) is 6.65. The molecule has 98 valence electrons. The van der Waals surface area contributed by atoms with E-state index in [4.69, 9.17) is 0 Å². The molecule has 1 N–H and O–H groups in total. The van der Waals surface area contributed by atoms with Gasteiger partial charge < -0.3 is 5.32 Å². The molecule has 0 spiro atoms. The van der Waals surface area contributed by atoms with Gasteiger partial charge in [-0.05, 0) is 24.8 Å². The summed E-state index contributed by atoms with van der Waals surface area (Å²) in [5.74, 6) is -0.0771. The topological polar surface area (TPSA) is 42.0 Å². The number of halogens is 1. The van der Waals surface area contributed by atoms with E-state index >= 15 is 0 Å². The van der Waals surface area contributed by atoms with Crippen LogP contribution in [0, 0.1) is 11.7 Å². The first-order chi connectivity index (χ1) is 8.77. The van der Waals surface area contributed by atoms with Crippen molar-refractivity contribution in [1.29, 1.82) is 0 Å². The molecule has 1 amide bonds. The number of nitrogens with zero attached hydrogens (tertiary/aromatic N) is 1. The van der Waals surface area contributed by atoms with Crippen LogP contribution in [0.3, 0.4) is 0 Å². The Morgan fingerprint density at radius 2 is 2.22 bits per heavy atom. The Balaban J connectivity index is 1.70. The second kappa shape index (κ2) is 6.47. The van der Waals surface area contributed by atoms with Crippen molar-refractivity contribution in [2.75, 3.05) is 6.54 Å². The van der Waals surface area contributed by atoms with Crippen molar-refractivity contribution < 1.29 is 9.18 Å². The predicted molar refractivity (Wildman–Crippen MR) is 67.7 cm³/mol. The highest BCUT2D eigenvalue weighted by atomic mass is 19.1. The molecule has 1 heterocycles. The maximum Gasteiger partial charge on any atom is 0.254 e. The number of amides is 1. The van der Waals surface area contributed by atoms with Crippen molar-refractivity contribution in [2.24, 2.45) is 5.92 Å². The molecule has 4 heteroatoms. The molecule has 18 heavy (non-hydrogen) atoms. The minimum Gasteiger partial charge on any atom is -0.352 e. The Kier molecular flexibility index (Phi) is 4.67. The van der Waals surface area contributed by atoms with Crippen molar-refractivity contribution >= 4 is 5.91 Å². The lowest BCUT2D eigenvalue weighted by molar-refractivity contribution is 0.0948. The Labute approximate surface area is 107 Å². The van der Waals surface area contributed by atoms with Crippen molar-refractivity contribution in [3.8, 4) is 0 Å². The van der Waals surface area contributed by atoms with E-state index < -0.39 is 5.82 Å². The normalized spacial score (nSPS) is 15.8. The third-order valence-corrected chi connectivity index (χ3v) is 3.57. The summed E-state index contributed by atoms with van der Waals surface area (Å²) in [4.78, 5) is 15.3. The lowest BCUT2D eigenvalue weighted by Gasteiger charge is -2.09. The first-order valence-electron chi connectivity index (χ1n) is 6.65. The minimum atomic E-state index is -0.564. The fraction of sp³-hybridized carbons (Fsp3) is 0.571. The van der Waals surface area contributed by atoms with E-state index in [1.165, 1.54) is 44.4 Å². The van der Waals surface area contributed by atoms with Crippen molar-refractivity contribution in [3.05, 3.63) is 29.8 Å². The van der Waals surface area contributed by atoms with Crippen LogP contribution >= 0.6 is 0 Å². The Hall–Kier alpha value is -1.45. The summed E-state index contributed by atoms with van der Waals surface area (Å²) >= 11 is 0. The Bertz CT molecular complexity index is 403. The van der Waals surface area contributed by atoms with Crippen LogP contribution in [0.5, 0.6) is 0 Å². The van der Waals surface area contributed by atoms with E-state index in [2.05, 4.69) is 10.3 Å². The highest BCUT2D eigenvalue weighted by molar-refractivity contribution is 5.94. The maximum absolute atomic E-state index is 13.3. The molecule has 3 nitrogen and oxygen atoms in total. The van der Waals surface area contributed by atoms with Gasteiger partial charge in [-0.1, -0.05) is 25.7 Å². The summed E-state index contributed by atoms with van der Waals surface area (Å²) in [5.41, 5.74) is 0.0749. The van der Waals surface area contributed by atoms with Gasteiger partial charge in [-0.25, -0.2) is 4.39 Å². The van der Waals surface area contributed by atoms with Crippen molar-refractivity contribution in [2.45, 2.75) is 38.5 Å². The summed E-state index contributed by atoms with van der Waals surface area (Å²) in [5, 5.41) is 2.76. The fourth-order valence-corrected chi connectivity index (χ4v) is 2.55. The maximum atomic E-state index is 13.3. The second-order valence-corrected chi connectivity index (χ2v) is 4.90. The first kappa shape index (κ1) is 13.0. The largest absolute Gasteiger partial charge is 0.352 e. The minimum absolute atomic E-state index is 0.0749. The van der Waals surface area contributed by atoms with Crippen LogP contribution in [0.25, 0.3) is 0 Å². The molecule has 2 rings (SSSR count). The fourth-order valence-electron chi connectivity index (χ4n) is 2.55. The number of carbonyl (C=O) groups is 1. The molecule has 0 bridgehead atoms. The summed E-state index contributed by atoms with van der Waals surface area (Å²) in [6.07, 6.45) is 9.98. The molecule has 0 atom stereocenters. The average molecular weight is 250 g/mol. The highest BCUT2D eigenvalue weighted by Gasteiger charge is 2.15. The molecule has 1 saturated carbocycles. The summed E-state index contributed by atoms with van der Waals surface area (Å²) in [7, 11) is 0. The molecule has 0 radical (unpaired) electrons. The molecule has 0 saturated heterocycles. The van der Waals surface area contributed by atoms with Gasteiger partial charge in [0.05, 0.1) is 11.8 Å². The van der Waals surface area contributed by atoms with Crippen LogP contribution in [-0.4, -0.2) is 17.4 Å². The number of pyridine rings is 1. The van der Waals surface area contributed by atoms with Gasteiger partial charge >= 0.3 is 0 Å².